The normalized spacial score (nSPS) is 11.1. The molecule has 8 nitrogen and oxygen atoms in total. The summed E-state index contributed by atoms with van der Waals surface area (Å²) in [4.78, 5) is 29.7. The van der Waals surface area contributed by atoms with E-state index in [1.165, 1.54) is 12.2 Å². The predicted octanol–water partition coefficient (Wildman–Crippen LogP) is 10.2. The van der Waals surface area contributed by atoms with Crippen molar-refractivity contribution in [3.63, 3.8) is 0 Å². The second-order valence-corrected chi connectivity index (χ2v) is 11.8. The highest BCUT2D eigenvalue weighted by atomic mass is 16.6. The van der Waals surface area contributed by atoms with E-state index < -0.39 is 11.9 Å². The Labute approximate surface area is 314 Å². The standard InChI is InChI=1S/C46H34N4O4/c47-33-37(31-35-21-25-43(26-22-35)49(39-13-5-1-6-14-39)40-15-7-2-8-16-40)45(51)53-29-30-54-46(52)38(34-48)32-36-23-27-44(28-24-36)50(41-17-9-3-10-18-41)42-19-11-4-12-20-42/h1-28,31-32H,29-30H2. The van der Waals surface area contributed by atoms with Crippen molar-refractivity contribution in [1.29, 1.82) is 10.5 Å². The second kappa shape index (κ2) is 18.0. The van der Waals surface area contributed by atoms with Crippen molar-refractivity contribution >= 4 is 58.2 Å². The summed E-state index contributed by atoms with van der Waals surface area (Å²) in [6.45, 7) is -0.596. The Bertz CT molecular complexity index is 2070. The maximum Gasteiger partial charge on any atom is 0.349 e. The van der Waals surface area contributed by atoms with Crippen LogP contribution in [-0.4, -0.2) is 25.2 Å². The lowest BCUT2D eigenvalue weighted by molar-refractivity contribution is -0.146. The number of ether oxygens (including phenoxy) is 2. The van der Waals surface area contributed by atoms with Crippen molar-refractivity contribution < 1.29 is 19.1 Å². The summed E-state index contributed by atoms with van der Waals surface area (Å²) in [5.41, 5.74) is 6.55. The molecule has 0 bridgehead atoms. The molecule has 262 valence electrons. The lowest BCUT2D eigenvalue weighted by Crippen LogP contribution is -2.15. The van der Waals surface area contributed by atoms with Gasteiger partial charge in [-0.05, 0) is 96.1 Å². The number of nitrogens with zero attached hydrogens (tertiary/aromatic N) is 4. The summed E-state index contributed by atoms with van der Waals surface area (Å²) >= 11 is 0. The van der Waals surface area contributed by atoms with E-state index in [1.807, 2.05) is 182 Å². The number of anilines is 6. The zero-order valence-corrected chi connectivity index (χ0v) is 29.2. The minimum absolute atomic E-state index is 0.212. The van der Waals surface area contributed by atoms with Gasteiger partial charge in [0.05, 0.1) is 0 Å². The van der Waals surface area contributed by atoms with Gasteiger partial charge in [-0.3, -0.25) is 0 Å². The van der Waals surface area contributed by atoms with Crippen LogP contribution in [0.25, 0.3) is 12.2 Å². The monoisotopic (exact) mass is 706 g/mol. The fourth-order valence-corrected chi connectivity index (χ4v) is 5.67. The average molecular weight is 707 g/mol. The Hall–Kier alpha value is -7.68. The first-order valence-electron chi connectivity index (χ1n) is 17.1. The summed E-state index contributed by atoms with van der Waals surface area (Å²) in [6.07, 6.45) is 2.88. The third-order valence-electron chi connectivity index (χ3n) is 8.21. The van der Waals surface area contributed by atoms with Crippen molar-refractivity contribution in [2.45, 2.75) is 0 Å². The van der Waals surface area contributed by atoms with E-state index in [0.717, 1.165) is 34.1 Å². The third-order valence-corrected chi connectivity index (χ3v) is 8.21. The summed E-state index contributed by atoms with van der Waals surface area (Å²) in [5.74, 6) is -1.71. The quantitative estimate of drug-likeness (QED) is 0.0506. The van der Waals surface area contributed by atoms with Crippen molar-refractivity contribution in [3.05, 3.63) is 192 Å². The lowest BCUT2D eigenvalue weighted by atomic mass is 10.1. The van der Waals surface area contributed by atoms with E-state index >= 15 is 0 Å². The molecule has 0 aliphatic heterocycles. The average Bonchev–Trinajstić information content (AvgIpc) is 3.23. The molecule has 6 aromatic carbocycles. The maximum absolute atomic E-state index is 12.7. The molecule has 0 aliphatic rings. The minimum Gasteiger partial charge on any atom is -0.458 e. The Morgan fingerprint density at radius 2 is 0.685 bits per heavy atom. The fraction of sp³-hybridized carbons (Fsp3) is 0.0435. The van der Waals surface area contributed by atoms with Crippen LogP contribution in [0.1, 0.15) is 11.1 Å². The molecule has 0 N–H and O–H groups in total. The minimum atomic E-state index is -0.857. The van der Waals surface area contributed by atoms with Crippen LogP contribution in [0.3, 0.4) is 0 Å². The van der Waals surface area contributed by atoms with Gasteiger partial charge < -0.3 is 19.3 Å². The van der Waals surface area contributed by atoms with Gasteiger partial charge in [-0.15, -0.1) is 0 Å². The van der Waals surface area contributed by atoms with Gasteiger partial charge in [0.25, 0.3) is 0 Å². The highest BCUT2D eigenvalue weighted by Gasteiger charge is 2.16. The van der Waals surface area contributed by atoms with Gasteiger partial charge >= 0.3 is 11.9 Å². The van der Waals surface area contributed by atoms with Crippen LogP contribution in [0.4, 0.5) is 34.1 Å². The molecule has 6 rings (SSSR count). The van der Waals surface area contributed by atoms with Crippen molar-refractivity contribution in [2.75, 3.05) is 23.0 Å². The zero-order chi connectivity index (χ0) is 37.5. The summed E-state index contributed by atoms with van der Waals surface area (Å²) < 4.78 is 10.4. The topological polar surface area (TPSA) is 107 Å². The first kappa shape index (κ1) is 36.1. The molecule has 0 saturated heterocycles. The van der Waals surface area contributed by atoms with Crippen molar-refractivity contribution in [2.24, 2.45) is 0 Å². The van der Waals surface area contributed by atoms with Gasteiger partial charge in [-0.1, -0.05) is 97.1 Å². The SMILES string of the molecule is N#CC(=Cc1ccc(N(c2ccccc2)c2ccccc2)cc1)C(=O)OCCOC(=O)C(C#N)=Cc1ccc(N(c2ccccc2)c2ccccc2)cc1. The van der Waals surface area contributed by atoms with Gasteiger partial charge in [-0.2, -0.15) is 10.5 Å². The van der Waals surface area contributed by atoms with Crippen LogP contribution in [0, 0.1) is 22.7 Å². The summed E-state index contributed by atoms with van der Waals surface area (Å²) in [7, 11) is 0. The molecule has 8 heteroatoms. The molecule has 0 aliphatic carbocycles. The largest absolute Gasteiger partial charge is 0.458 e. The number of hydrogen-bond acceptors (Lipinski definition) is 8. The number of nitriles is 2. The molecular formula is C46H34N4O4. The molecule has 0 heterocycles. The van der Waals surface area contributed by atoms with Gasteiger partial charge in [0.15, 0.2) is 0 Å². The Morgan fingerprint density at radius 3 is 0.944 bits per heavy atom. The first-order chi connectivity index (χ1) is 26.5. The molecule has 0 fully saturated rings. The number of esters is 2. The molecule has 54 heavy (non-hydrogen) atoms. The Kier molecular flexibility index (Phi) is 12.0. The second-order valence-electron chi connectivity index (χ2n) is 11.8. The number of hydrogen-bond donors (Lipinski definition) is 0. The zero-order valence-electron chi connectivity index (χ0n) is 29.2. The molecule has 6 aromatic rings. The number of rotatable bonds is 13. The first-order valence-corrected chi connectivity index (χ1v) is 17.1. The smallest absolute Gasteiger partial charge is 0.349 e. The van der Waals surface area contributed by atoms with E-state index in [-0.39, 0.29) is 24.4 Å². The van der Waals surface area contributed by atoms with Gasteiger partial charge in [-0.25, -0.2) is 9.59 Å². The van der Waals surface area contributed by atoms with Crippen LogP contribution in [0.15, 0.2) is 181 Å². The van der Waals surface area contributed by atoms with E-state index in [0.29, 0.717) is 11.1 Å². The summed E-state index contributed by atoms with van der Waals surface area (Å²) in [5, 5.41) is 19.4. The molecular weight excluding hydrogens is 673 g/mol. The van der Waals surface area contributed by atoms with Gasteiger partial charge in [0, 0.05) is 34.1 Å². The highest BCUT2D eigenvalue weighted by molar-refractivity contribution is 5.99. The third kappa shape index (κ3) is 9.15. The highest BCUT2D eigenvalue weighted by Crippen LogP contribution is 2.35. The van der Waals surface area contributed by atoms with E-state index in [4.69, 9.17) is 9.47 Å². The Balaban J connectivity index is 1.05. The number of benzene rings is 6. The lowest BCUT2D eigenvalue weighted by Gasteiger charge is -2.25. The van der Waals surface area contributed by atoms with Gasteiger partial charge in [0.1, 0.15) is 36.5 Å². The summed E-state index contributed by atoms with van der Waals surface area (Å²) in [6, 6.07) is 58.4. The van der Waals surface area contributed by atoms with Crippen LogP contribution in [0.5, 0.6) is 0 Å². The number of para-hydroxylation sites is 4. The number of carbonyl (C=O) groups is 2. The molecule has 0 unspecified atom stereocenters. The fourth-order valence-electron chi connectivity index (χ4n) is 5.67. The molecule has 0 aromatic heterocycles. The Morgan fingerprint density at radius 1 is 0.426 bits per heavy atom. The van der Waals surface area contributed by atoms with Crippen LogP contribution < -0.4 is 9.80 Å². The molecule has 0 radical (unpaired) electrons. The van der Waals surface area contributed by atoms with Crippen LogP contribution in [-0.2, 0) is 19.1 Å². The van der Waals surface area contributed by atoms with E-state index in [2.05, 4.69) is 9.80 Å². The van der Waals surface area contributed by atoms with Crippen molar-refractivity contribution in [3.8, 4) is 12.1 Å². The van der Waals surface area contributed by atoms with Crippen LogP contribution >= 0.6 is 0 Å². The molecule has 0 atom stereocenters. The predicted molar refractivity (Wildman–Crippen MR) is 211 cm³/mol. The number of carbonyl (C=O) groups excluding carboxylic acids is 2. The van der Waals surface area contributed by atoms with Gasteiger partial charge in [0.2, 0.25) is 0 Å². The molecule has 0 saturated carbocycles. The maximum atomic E-state index is 12.7. The van der Waals surface area contributed by atoms with E-state index in [9.17, 15) is 20.1 Å². The van der Waals surface area contributed by atoms with E-state index in [1.54, 1.807) is 0 Å². The van der Waals surface area contributed by atoms with Crippen LogP contribution in [0.2, 0.25) is 0 Å². The molecule has 0 amide bonds. The van der Waals surface area contributed by atoms with Crippen molar-refractivity contribution in [1.82, 2.24) is 0 Å². The molecule has 0 spiro atoms.